The number of nitrogens with zero attached hydrogens (tertiary/aromatic N) is 1. The summed E-state index contributed by atoms with van der Waals surface area (Å²) in [6.07, 6.45) is 2.28. The summed E-state index contributed by atoms with van der Waals surface area (Å²) in [7, 11) is 0. The van der Waals surface area contributed by atoms with E-state index in [4.69, 9.17) is 0 Å². The van der Waals surface area contributed by atoms with E-state index in [9.17, 15) is 10.2 Å². The van der Waals surface area contributed by atoms with Crippen LogP contribution in [0, 0.1) is 5.41 Å². The molecule has 3 nitrogen and oxygen atoms in total. The van der Waals surface area contributed by atoms with Crippen LogP contribution in [0.1, 0.15) is 24.5 Å². The number of hydrogen-bond acceptors (Lipinski definition) is 3. The van der Waals surface area contributed by atoms with Crippen LogP contribution in [-0.2, 0) is 13.0 Å². The molecule has 0 unspecified atom stereocenters. The lowest BCUT2D eigenvalue weighted by molar-refractivity contribution is -0.0787. The highest BCUT2D eigenvalue weighted by molar-refractivity contribution is 5.27. The van der Waals surface area contributed by atoms with Gasteiger partial charge >= 0.3 is 0 Å². The lowest BCUT2D eigenvalue weighted by Crippen LogP contribution is -2.59. The van der Waals surface area contributed by atoms with Crippen molar-refractivity contribution >= 4 is 0 Å². The average molecular weight is 249 g/mol. The second-order valence-corrected chi connectivity index (χ2v) is 5.48. The number of likely N-dealkylation sites (tertiary alicyclic amines) is 1. The molecule has 3 heteroatoms. The molecule has 1 heterocycles. The molecule has 1 aliphatic rings. The van der Waals surface area contributed by atoms with Crippen molar-refractivity contribution in [1.29, 1.82) is 0 Å². The van der Waals surface area contributed by atoms with Gasteiger partial charge in [0.25, 0.3) is 0 Å². The molecule has 1 aliphatic heterocycles. The summed E-state index contributed by atoms with van der Waals surface area (Å²) in [5, 5.41) is 18.5. The molecule has 0 spiro atoms. The Morgan fingerprint density at radius 3 is 2.28 bits per heavy atom. The van der Waals surface area contributed by atoms with E-state index in [2.05, 4.69) is 36.1 Å². The Labute approximate surface area is 109 Å². The molecular formula is C15H23NO2. The molecule has 100 valence electrons. The van der Waals surface area contributed by atoms with E-state index in [-0.39, 0.29) is 18.6 Å². The summed E-state index contributed by atoms with van der Waals surface area (Å²) < 4.78 is 0. The van der Waals surface area contributed by atoms with Gasteiger partial charge < -0.3 is 10.2 Å². The molecule has 0 saturated carbocycles. The number of benzene rings is 1. The van der Waals surface area contributed by atoms with Crippen LogP contribution in [-0.4, -0.2) is 41.4 Å². The summed E-state index contributed by atoms with van der Waals surface area (Å²) in [5.41, 5.74) is 2.54. The van der Waals surface area contributed by atoms with Crippen LogP contribution in [0.15, 0.2) is 24.3 Å². The Balaban J connectivity index is 1.95. The first kappa shape index (κ1) is 13.5. The van der Waals surface area contributed by atoms with Gasteiger partial charge in [0.05, 0.1) is 13.2 Å². The number of aliphatic hydroxyl groups excluding tert-OH is 2. The van der Waals surface area contributed by atoms with Gasteiger partial charge in [-0.15, -0.1) is 0 Å². The lowest BCUT2D eigenvalue weighted by atomic mass is 9.81. The van der Waals surface area contributed by atoms with Crippen molar-refractivity contribution in [3.05, 3.63) is 35.4 Å². The molecule has 0 bridgehead atoms. The third-order valence-corrected chi connectivity index (χ3v) is 3.82. The van der Waals surface area contributed by atoms with E-state index < -0.39 is 0 Å². The molecule has 2 rings (SSSR count). The van der Waals surface area contributed by atoms with Crippen LogP contribution < -0.4 is 0 Å². The van der Waals surface area contributed by atoms with Crippen molar-refractivity contribution in [3.8, 4) is 0 Å². The van der Waals surface area contributed by atoms with Crippen molar-refractivity contribution in [2.45, 2.75) is 26.3 Å². The van der Waals surface area contributed by atoms with E-state index >= 15 is 0 Å². The maximum Gasteiger partial charge on any atom is 0.0534 e. The fraction of sp³-hybridized carbons (Fsp3) is 0.600. The van der Waals surface area contributed by atoms with E-state index in [1.165, 1.54) is 11.1 Å². The van der Waals surface area contributed by atoms with Crippen LogP contribution in [0.5, 0.6) is 0 Å². The highest BCUT2D eigenvalue weighted by atomic mass is 16.3. The molecule has 1 saturated heterocycles. The van der Waals surface area contributed by atoms with Crippen LogP contribution in [0.2, 0.25) is 0 Å². The second kappa shape index (κ2) is 5.83. The van der Waals surface area contributed by atoms with Gasteiger partial charge in [-0.1, -0.05) is 37.6 Å². The van der Waals surface area contributed by atoms with Gasteiger partial charge in [0.1, 0.15) is 0 Å². The molecule has 1 aromatic rings. The number of aryl methyl sites for hydroxylation is 1. The molecule has 1 aromatic carbocycles. The minimum absolute atomic E-state index is 0.0800. The fourth-order valence-corrected chi connectivity index (χ4v) is 2.73. The predicted molar refractivity (Wildman–Crippen MR) is 72.3 cm³/mol. The third-order valence-electron chi connectivity index (χ3n) is 3.82. The minimum Gasteiger partial charge on any atom is -0.396 e. The van der Waals surface area contributed by atoms with Gasteiger partial charge in [-0.3, -0.25) is 4.90 Å². The van der Waals surface area contributed by atoms with E-state index in [1.54, 1.807) is 0 Å². The largest absolute Gasteiger partial charge is 0.396 e. The highest BCUT2D eigenvalue weighted by Crippen LogP contribution is 2.31. The molecule has 1 fully saturated rings. The van der Waals surface area contributed by atoms with Gasteiger partial charge in [0.15, 0.2) is 0 Å². The highest BCUT2D eigenvalue weighted by Gasteiger charge is 2.41. The Hall–Kier alpha value is -0.900. The van der Waals surface area contributed by atoms with Gasteiger partial charge in [-0.25, -0.2) is 0 Å². The minimum atomic E-state index is -0.264. The monoisotopic (exact) mass is 249 g/mol. The maximum absolute atomic E-state index is 9.27. The lowest BCUT2D eigenvalue weighted by Gasteiger charge is -2.48. The standard InChI is InChI=1S/C15H23NO2/c1-2-5-13-6-3-4-7-14(13)8-16-9-15(10-16,11-17)12-18/h3-4,6-7,17-18H,2,5,8-12H2,1H3. The van der Waals surface area contributed by atoms with E-state index in [0.29, 0.717) is 0 Å². The SMILES string of the molecule is CCCc1ccccc1CN1CC(CO)(CO)C1. The third kappa shape index (κ3) is 2.74. The first-order valence-electron chi connectivity index (χ1n) is 6.74. The maximum atomic E-state index is 9.27. The van der Waals surface area contributed by atoms with E-state index in [0.717, 1.165) is 32.5 Å². The summed E-state index contributed by atoms with van der Waals surface area (Å²) in [5.74, 6) is 0. The molecule has 0 radical (unpaired) electrons. The Bertz CT molecular complexity index is 380. The Kier molecular flexibility index (Phi) is 4.38. The normalized spacial score (nSPS) is 18.6. The van der Waals surface area contributed by atoms with Crippen LogP contribution in [0.4, 0.5) is 0 Å². The van der Waals surface area contributed by atoms with Gasteiger partial charge in [0.2, 0.25) is 0 Å². The molecule has 0 amide bonds. The predicted octanol–water partition coefficient (Wildman–Crippen LogP) is 1.43. The molecule has 18 heavy (non-hydrogen) atoms. The Morgan fingerprint density at radius 2 is 1.72 bits per heavy atom. The summed E-state index contributed by atoms with van der Waals surface area (Å²) >= 11 is 0. The number of aliphatic hydroxyl groups is 2. The van der Waals surface area contributed by atoms with Crippen LogP contribution in [0.25, 0.3) is 0 Å². The van der Waals surface area contributed by atoms with Gasteiger partial charge in [-0.2, -0.15) is 0 Å². The second-order valence-electron chi connectivity index (χ2n) is 5.48. The van der Waals surface area contributed by atoms with Crippen molar-refractivity contribution in [3.63, 3.8) is 0 Å². The zero-order valence-electron chi connectivity index (χ0n) is 11.1. The van der Waals surface area contributed by atoms with Gasteiger partial charge in [-0.05, 0) is 17.5 Å². The van der Waals surface area contributed by atoms with Crippen molar-refractivity contribution in [2.75, 3.05) is 26.3 Å². The first-order chi connectivity index (χ1) is 8.73. The molecule has 0 aromatic heterocycles. The molecule has 2 N–H and O–H groups in total. The smallest absolute Gasteiger partial charge is 0.0534 e. The summed E-state index contributed by atoms with van der Waals surface area (Å²) in [6, 6.07) is 8.56. The van der Waals surface area contributed by atoms with Crippen LogP contribution >= 0.6 is 0 Å². The summed E-state index contributed by atoms with van der Waals surface area (Å²) in [4.78, 5) is 2.29. The number of rotatable bonds is 6. The molecular weight excluding hydrogens is 226 g/mol. The number of hydrogen-bond donors (Lipinski definition) is 2. The zero-order valence-corrected chi connectivity index (χ0v) is 11.1. The molecule has 0 atom stereocenters. The fourth-order valence-electron chi connectivity index (χ4n) is 2.73. The van der Waals surface area contributed by atoms with E-state index in [1.807, 2.05) is 0 Å². The van der Waals surface area contributed by atoms with Gasteiger partial charge in [0, 0.05) is 25.0 Å². The topological polar surface area (TPSA) is 43.7 Å². The Morgan fingerprint density at radius 1 is 1.11 bits per heavy atom. The first-order valence-corrected chi connectivity index (χ1v) is 6.74. The summed E-state index contributed by atoms with van der Waals surface area (Å²) in [6.45, 7) is 4.87. The molecule has 0 aliphatic carbocycles. The van der Waals surface area contributed by atoms with Crippen molar-refractivity contribution in [2.24, 2.45) is 5.41 Å². The van der Waals surface area contributed by atoms with Crippen LogP contribution in [0.3, 0.4) is 0 Å². The zero-order chi connectivity index (χ0) is 13.0. The average Bonchev–Trinajstić information content (AvgIpc) is 2.36. The van der Waals surface area contributed by atoms with Crippen molar-refractivity contribution in [1.82, 2.24) is 4.90 Å². The van der Waals surface area contributed by atoms with Crippen molar-refractivity contribution < 1.29 is 10.2 Å². The quantitative estimate of drug-likeness (QED) is 0.801.